The summed E-state index contributed by atoms with van der Waals surface area (Å²) in [6.07, 6.45) is 0. The number of ether oxygens (including phenoxy) is 2. The van der Waals surface area contributed by atoms with Crippen LogP contribution < -0.4 is 25.7 Å². The van der Waals surface area contributed by atoms with Crippen molar-refractivity contribution in [3.8, 4) is 17.2 Å². The lowest BCUT2D eigenvalue weighted by molar-refractivity contribution is 0.262. The van der Waals surface area contributed by atoms with E-state index in [9.17, 15) is 9.59 Å². The monoisotopic (exact) mass is 444 g/mol. The minimum Gasteiger partial charge on any atom is -0.497 e. The number of methoxy groups -OCH3 is 2. The largest absolute Gasteiger partial charge is 0.497 e. The minimum atomic E-state index is -0.415. The number of carbonyl (C=O) groups is 1. The molecule has 0 saturated carbocycles. The molecule has 0 aliphatic rings. The topological polar surface area (TPSA) is 94.5 Å². The number of carbonyl (C=O) groups excluding carboxylic acids is 1. The summed E-state index contributed by atoms with van der Waals surface area (Å²) in [6, 6.07) is 17.3. The van der Waals surface area contributed by atoms with Gasteiger partial charge in [0, 0.05) is 29.6 Å². The molecule has 4 rings (SSSR count). The number of nitrogens with one attached hydrogen (secondary N) is 2. The Kier molecular flexibility index (Phi) is 5.99. The maximum atomic E-state index is 13.1. The average molecular weight is 444 g/mol. The van der Waals surface area contributed by atoms with E-state index in [0.717, 1.165) is 5.56 Å². The number of hydrogen-bond donors (Lipinski definition) is 2. The van der Waals surface area contributed by atoms with Crippen LogP contribution in [0.5, 0.6) is 11.5 Å². The highest BCUT2D eigenvalue weighted by molar-refractivity contribution is 6.00. The van der Waals surface area contributed by atoms with E-state index in [4.69, 9.17) is 9.47 Å². The summed E-state index contributed by atoms with van der Waals surface area (Å²) in [6.45, 7) is 3.66. The van der Waals surface area contributed by atoms with Crippen LogP contribution in [-0.2, 0) is 0 Å². The first-order chi connectivity index (χ1) is 15.9. The molecule has 1 heterocycles. The molecular weight excluding hydrogens is 420 g/mol. The van der Waals surface area contributed by atoms with Gasteiger partial charge in [0.05, 0.1) is 30.8 Å². The first-order valence-electron chi connectivity index (χ1n) is 10.3. The number of nitrogens with zero attached hydrogens (tertiary/aromatic N) is 2. The zero-order chi connectivity index (χ0) is 23.5. The van der Waals surface area contributed by atoms with Crippen LogP contribution in [0.15, 0.2) is 65.5 Å². The third-order valence-corrected chi connectivity index (χ3v) is 5.27. The van der Waals surface area contributed by atoms with Crippen LogP contribution in [-0.4, -0.2) is 29.8 Å². The standard InChI is InChI=1S/C25H24N4O4/c1-15-11-18(29-16(2)26-23-8-6-5-7-21(23)24(29)30)9-10-22(15)28-25(31)27-17-12-19(32-3)14-20(13-17)33-4/h5-14H,1-4H3,(H2,27,28,31). The van der Waals surface area contributed by atoms with Gasteiger partial charge in [-0.2, -0.15) is 0 Å². The number of para-hydroxylation sites is 1. The fourth-order valence-electron chi connectivity index (χ4n) is 3.64. The first kappa shape index (κ1) is 21.9. The molecule has 2 amide bonds. The Morgan fingerprint density at radius 2 is 1.61 bits per heavy atom. The molecule has 0 fully saturated rings. The predicted octanol–water partition coefficient (Wildman–Crippen LogP) is 4.66. The maximum Gasteiger partial charge on any atom is 0.323 e. The molecule has 0 radical (unpaired) electrons. The van der Waals surface area contributed by atoms with Crippen LogP contribution in [0.2, 0.25) is 0 Å². The fraction of sp³-hybridized carbons (Fsp3) is 0.160. The highest BCUT2D eigenvalue weighted by Gasteiger charge is 2.12. The minimum absolute atomic E-state index is 0.136. The van der Waals surface area contributed by atoms with Gasteiger partial charge in [0.25, 0.3) is 5.56 Å². The van der Waals surface area contributed by atoms with Gasteiger partial charge >= 0.3 is 6.03 Å². The van der Waals surface area contributed by atoms with Gasteiger partial charge in [-0.05, 0) is 49.7 Å². The average Bonchev–Trinajstić information content (AvgIpc) is 2.80. The second-order valence-electron chi connectivity index (χ2n) is 7.50. The summed E-state index contributed by atoms with van der Waals surface area (Å²) in [5, 5.41) is 6.16. The van der Waals surface area contributed by atoms with Crippen LogP contribution in [0, 0.1) is 13.8 Å². The number of rotatable bonds is 5. The fourth-order valence-corrected chi connectivity index (χ4v) is 3.64. The molecule has 0 bridgehead atoms. The van der Waals surface area contributed by atoms with E-state index in [1.54, 1.807) is 62.1 Å². The van der Waals surface area contributed by atoms with Crippen molar-refractivity contribution in [3.05, 3.63) is 82.4 Å². The third kappa shape index (κ3) is 4.50. The van der Waals surface area contributed by atoms with Gasteiger partial charge < -0.3 is 20.1 Å². The van der Waals surface area contributed by atoms with Crippen LogP contribution in [0.3, 0.4) is 0 Å². The Morgan fingerprint density at radius 3 is 2.27 bits per heavy atom. The van der Waals surface area contributed by atoms with Gasteiger partial charge in [0.2, 0.25) is 0 Å². The number of amides is 2. The molecule has 0 spiro atoms. The second-order valence-corrected chi connectivity index (χ2v) is 7.50. The summed E-state index contributed by atoms with van der Waals surface area (Å²) in [5.41, 5.74) is 3.15. The number of urea groups is 1. The van der Waals surface area contributed by atoms with Crippen molar-refractivity contribution in [2.45, 2.75) is 13.8 Å². The van der Waals surface area contributed by atoms with Crippen molar-refractivity contribution in [1.29, 1.82) is 0 Å². The van der Waals surface area contributed by atoms with Gasteiger partial charge in [-0.15, -0.1) is 0 Å². The van der Waals surface area contributed by atoms with E-state index in [1.807, 2.05) is 31.2 Å². The molecule has 0 saturated heterocycles. The lowest BCUT2D eigenvalue weighted by Crippen LogP contribution is -2.23. The van der Waals surface area contributed by atoms with E-state index >= 15 is 0 Å². The van der Waals surface area contributed by atoms with Gasteiger partial charge in [0.1, 0.15) is 17.3 Å². The molecule has 0 unspecified atom stereocenters. The number of aromatic nitrogens is 2. The summed E-state index contributed by atoms with van der Waals surface area (Å²) in [7, 11) is 3.09. The molecule has 1 aromatic heterocycles. The number of anilines is 2. The van der Waals surface area contributed by atoms with Gasteiger partial charge in [0.15, 0.2) is 0 Å². The van der Waals surface area contributed by atoms with Crippen molar-refractivity contribution in [3.63, 3.8) is 0 Å². The summed E-state index contributed by atoms with van der Waals surface area (Å²) in [4.78, 5) is 30.2. The number of aryl methyl sites for hydroxylation is 2. The molecule has 8 nitrogen and oxygen atoms in total. The molecule has 2 N–H and O–H groups in total. The third-order valence-electron chi connectivity index (χ3n) is 5.27. The Hall–Kier alpha value is -4.33. The quantitative estimate of drug-likeness (QED) is 0.467. The second kappa shape index (κ2) is 9.04. The number of hydrogen-bond acceptors (Lipinski definition) is 5. The smallest absolute Gasteiger partial charge is 0.323 e. The molecule has 168 valence electrons. The number of benzene rings is 3. The summed E-state index contributed by atoms with van der Waals surface area (Å²) < 4.78 is 12.0. The molecular formula is C25H24N4O4. The highest BCUT2D eigenvalue weighted by Crippen LogP contribution is 2.26. The van der Waals surface area contributed by atoms with E-state index in [1.165, 1.54) is 0 Å². The van der Waals surface area contributed by atoms with Crippen LogP contribution in [0.25, 0.3) is 16.6 Å². The first-order valence-corrected chi connectivity index (χ1v) is 10.3. The van der Waals surface area contributed by atoms with Crippen molar-refractivity contribution >= 4 is 28.3 Å². The predicted molar refractivity (Wildman–Crippen MR) is 129 cm³/mol. The molecule has 8 heteroatoms. The molecule has 0 aliphatic heterocycles. The van der Waals surface area contributed by atoms with Gasteiger partial charge in [-0.1, -0.05) is 12.1 Å². The normalized spacial score (nSPS) is 10.7. The van der Waals surface area contributed by atoms with E-state index in [0.29, 0.717) is 45.3 Å². The van der Waals surface area contributed by atoms with E-state index in [-0.39, 0.29) is 5.56 Å². The Bertz CT molecular complexity index is 1390. The molecule has 33 heavy (non-hydrogen) atoms. The molecule has 3 aromatic carbocycles. The SMILES string of the molecule is COc1cc(NC(=O)Nc2ccc(-n3c(C)nc4ccccc4c3=O)cc2C)cc(OC)c1. The van der Waals surface area contributed by atoms with Gasteiger partial charge in [-0.3, -0.25) is 9.36 Å². The Balaban J connectivity index is 1.58. The molecule has 0 aliphatic carbocycles. The van der Waals surface area contributed by atoms with Crippen LogP contribution >= 0.6 is 0 Å². The highest BCUT2D eigenvalue weighted by atomic mass is 16.5. The lowest BCUT2D eigenvalue weighted by atomic mass is 10.1. The van der Waals surface area contributed by atoms with Crippen molar-refractivity contribution < 1.29 is 14.3 Å². The van der Waals surface area contributed by atoms with Crippen LogP contribution in [0.4, 0.5) is 16.2 Å². The Morgan fingerprint density at radius 1 is 0.909 bits per heavy atom. The lowest BCUT2D eigenvalue weighted by Gasteiger charge is -2.15. The van der Waals surface area contributed by atoms with Crippen LogP contribution in [0.1, 0.15) is 11.4 Å². The number of fused-ring (bicyclic) bond motifs is 1. The summed E-state index contributed by atoms with van der Waals surface area (Å²) in [5.74, 6) is 1.72. The van der Waals surface area contributed by atoms with E-state index in [2.05, 4.69) is 15.6 Å². The maximum absolute atomic E-state index is 13.1. The zero-order valence-electron chi connectivity index (χ0n) is 18.8. The molecule has 0 atom stereocenters. The van der Waals surface area contributed by atoms with E-state index < -0.39 is 6.03 Å². The van der Waals surface area contributed by atoms with Gasteiger partial charge in [-0.25, -0.2) is 9.78 Å². The Labute approximate surface area is 190 Å². The molecule has 4 aromatic rings. The summed E-state index contributed by atoms with van der Waals surface area (Å²) >= 11 is 0. The van der Waals surface area contributed by atoms with Crippen molar-refractivity contribution in [2.24, 2.45) is 0 Å². The van der Waals surface area contributed by atoms with Crippen molar-refractivity contribution in [2.75, 3.05) is 24.9 Å². The van der Waals surface area contributed by atoms with Crippen molar-refractivity contribution in [1.82, 2.24) is 9.55 Å². The zero-order valence-corrected chi connectivity index (χ0v) is 18.8.